The smallest absolute Gasteiger partial charge is 0.310 e. The lowest BCUT2D eigenvalue weighted by molar-refractivity contribution is -0.154. The molecule has 1 aromatic rings. The van der Waals surface area contributed by atoms with Gasteiger partial charge in [0, 0.05) is 4.47 Å². The van der Waals surface area contributed by atoms with E-state index in [0.717, 1.165) is 4.47 Å². The summed E-state index contributed by atoms with van der Waals surface area (Å²) in [6.45, 7) is 1.61. The van der Waals surface area contributed by atoms with Crippen molar-refractivity contribution in [3.63, 3.8) is 0 Å². The highest BCUT2D eigenvalue weighted by Crippen LogP contribution is 2.17. The van der Waals surface area contributed by atoms with Gasteiger partial charge in [0.25, 0.3) is 5.91 Å². The number of nitrogens with two attached hydrogens (primary N) is 1. The minimum atomic E-state index is -0.914. The number of ether oxygens (including phenoxy) is 2. The van der Waals surface area contributed by atoms with E-state index in [0.29, 0.717) is 5.75 Å². The second-order valence-electron chi connectivity index (χ2n) is 3.59. The van der Waals surface area contributed by atoms with Gasteiger partial charge in [0.15, 0.2) is 6.10 Å². The van der Waals surface area contributed by atoms with Crippen molar-refractivity contribution in [2.45, 2.75) is 19.4 Å². The minimum Gasteiger partial charge on any atom is -0.493 e. The molecule has 0 radical (unpaired) electrons. The van der Waals surface area contributed by atoms with Crippen LogP contribution in [-0.4, -0.2) is 24.6 Å². The Kier molecular flexibility index (Phi) is 5.64. The molecule has 2 N–H and O–H groups in total. The van der Waals surface area contributed by atoms with E-state index in [-0.39, 0.29) is 13.0 Å². The molecule has 0 aliphatic heterocycles. The van der Waals surface area contributed by atoms with E-state index in [1.807, 2.05) is 12.1 Å². The Bertz CT molecular complexity index is 436. The summed E-state index contributed by atoms with van der Waals surface area (Å²) >= 11 is 3.31. The van der Waals surface area contributed by atoms with Crippen LogP contribution >= 0.6 is 15.9 Å². The van der Waals surface area contributed by atoms with E-state index in [4.69, 9.17) is 15.2 Å². The van der Waals surface area contributed by atoms with Crippen LogP contribution in [0.5, 0.6) is 5.75 Å². The third-order valence-corrected chi connectivity index (χ3v) is 2.57. The Morgan fingerprint density at radius 2 is 2.17 bits per heavy atom. The average Bonchev–Trinajstić information content (AvgIpc) is 2.28. The van der Waals surface area contributed by atoms with Gasteiger partial charge in [-0.2, -0.15) is 0 Å². The normalized spacial score (nSPS) is 11.7. The van der Waals surface area contributed by atoms with Crippen molar-refractivity contribution in [1.29, 1.82) is 0 Å². The third-order valence-electron chi connectivity index (χ3n) is 2.08. The zero-order chi connectivity index (χ0) is 13.5. The molecule has 0 spiro atoms. The molecule has 1 aromatic carbocycles. The molecule has 0 aromatic heterocycles. The standard InChI is InChI=1S/C12H14BrNO4/c1-8(12(14)16)18-11(15)5-6-17-10-4-2-3-9(13)7-10/h2-4,7-8H,5-6H2,1H3,(H2,14,16)/t8-/m1/s1. The van der Waals surface area contributed by atoms with Gasteiger partial charge in [0.1, 0.15) is 5.75 Å². The fourth-order valence-corrected chi connectivity index (χ4v) is 1.50. The molecular formula is C12H14BrNO4. The van der Waals surface area contributed by atoms with Crippen LogP contribution < -0.4 is 10.5 Å². The largest absolute Gasteiger partial charge is 0.493 e. The maximum absolute atomic E-state index is 11.3. The SMILES string of the molecule is C[C@@H](OC(=O)CCOc1cccc(Br)c1)C(N)=O. The van der Waals surface area contributed by atoms with Crippen LogP contribution in [0.1, 0.15) is 13.3 Å². The minimum absolute atomic E-state index is 0.0597. The maximum Gasteiger partial charge on any atom is 0.310 e. The topological polar surface area (TPSA) is 78.6 Å². The number of benzene rings is 1. The molecule has 0 unspecified atom stereocenters. The fraction of sp³-hybridized carbons (Fsp3) is 0.333. The van der Waals surface area contributed by atoms with Crippen LogP contribution in [0.15, 0.2) is 28.7 Å². The summed E-state index contributed by atoms with van der Waals surface area (Å²) in [4.78, 5) is 22.0. The van der Waals surface area contributed by atoms with Gasteiger partial charge in [-0.3, -0.25) is 9.59 Å². The Morgan fingerprint density at radius 3 is 2.78 bits per heavy atom. The first kappa shape index (κ1) is 14.5. The molecular weight excluding hydrogens is 302 g/mol. The molecule has 0 bridgehead atoms. The number of carbonyl (C=O) groups excluding carboxylic acids is 2. The lowest BCUT2D eigenvalue weighted by Crippen LogP contribution is -2.30. The second kappa shape index (κ2) is 7.00. The molecule has 1 atom stereocenters. The highest BCUT2D eigenvalue weighted by Gasteiger charge is 2.14. The number of rotatable bonds is 6. The summed E-state index contributed by atoms with van der Waals surface area (Å²) in [6, 6.07) is 7.27. The summed E-state index contributed by atoms with van der Waals surface area (Å²) in [5, 5.41) is 0. The van der Waals surface area contributed by atoms with Crippen molar-refractivity contribution in [2.75, 3.05) is 6.61 Å². The van der Waals surface area contributed by atoms with Crippen molar-refractivity contribution in [2.24, 2.45) is 5.73 Å². The molecule has 0 aliphatic rings. The van der Waals surface area contributed by atoms with Gasteiger partial charge in [-0.1, -0.05) is 22.0 Å². The van der Waals surface area contributed by atoms with E-state index in [1.54, 1.807) is 12.1 Å². The monoisotopic (exact) mass is 315 g/mol. The van der Waals surface area contributed by atoms with Gasteiger partial charge in [-0.25, -0.2) is 0 Å². The van der Waals surface area contributed by atoms with Crippen molar-refractivity contribution in [3.8, 4) is 5.75 Å². The number of carbonyl (C=O) groups is 2. The molecule has 98 valence electrons. The molecule has 0 saturated heterocycles. The van der Waals surface area contributed by atoms with Gasteiger partial charge in [0.2, 0.25) is 0 Å². The van der Waals surface area contributed by atoms with Crippen molar-refractivity contribution < 1.29 is 19.1 Å². The van der Waals surface area contributed by atoms with Crippen molar-refractivity contribution in [3.05, 3.63) is 28.7 Å². The number of halogens is 1. The first-order chi connectivity index (χ1) is 8.49. The van der Waals surface area contributed by atoms with Crippen LogP contribution in [-0.2, 0) is 14.3 Å². The Balaban J connectivity index is 2.29. The van der Waals surface area contributed by atoms with Gasteiger partial charge >= 0.3 is 5.97 Å². The molecule has 0 heterocycles. The van der Waals surface area contributed by atoms with Gasteiger partial charge < -0.3 is 15.2 Å². The van der Waals surface area contributed by atoms with E-state index < -0.39 is 18.0 Å². The van der Waals surface area contributed by atoms with Gasteiger partial charge in [-0.05, 0) is 25.1 Å². The molecule has 0 fully saturated rings. The number of amides is 1. The summed E-state index contributed by atoms with van der Waals surface area (Å²) in [7, 11) is 0. The lowest BCUT2D eigenvalue weighted by Gasteiger charge is -2.10. The molecule has 6 heteroatoms. The molecule has 0 saturated carbocycles. The van der Waals surface area contributed by atoms with Crippen LogP contribution in [0.3, 0.4) is 0 Å². The first-order valence-electron chi connectivity index (χ1n) is 5.36. The van der Waals surface area contributed by atoms with E-state index in [9.17, 15) is 9.59 Å². The fourth-order valence-electron chi connectivity index (χ4n) is 1.12. The zero-order valence-corrected chi connectivity index (χ0v) is 11.5. The third kappa shape index (κ3) is 5.18. The molecule has 18 heavy (non-hydrogen) atoms. The van der Waals surface area contributed by atoms with E-state index >= 15 is 0 Å². The van der Waals surface area contributed by atoms with Crippen LogP contribution in [0, 0.1) is 0 Å². The first-order valence-corrected chi connectivity index (χ1v) is 6.15. The highest BCUT2D eigenvalue weighted by atomic mass is 79.9. The summed E-state index contributed by atoms with van der Waals surface area (Å²) < 4.78 is 11.0. The van der Waals surface area contributed by atoms with Crippen molar-refractivity contribution >= 4 is 27.8 Å². The molecule has 0 aliphatic carbocycles. The zero-order valence-electron chi connectivity index (χ0n) is 9.89. The average molecular weight is 316 g/mol. The van der Waals surface area contributed by atoms with Crippen LogP contribution in [0.4, 0.5) is 0 Å². The predicted molar refractivity (Wildman–Crippen MR) is 69.0 cm³/mol. The quantitative estimate of drug-likeness (QED) is 0.809. The number of esters is 1. The molecule has 1 amide bonds. The van der Waals surface area contributed by atoms with Crippen LogP contribution in [0.25, 0.3) is 0 Å². The highest BCUT2D eigenvalue weighted by molar-refractivity contribution is 9.10. The Labute approximate surface area is 113 Å². The maximum atomic E-state index is 11.3. The van der Waals surface area contributed by atoms with Crippen LogP contribution in [0.2, 0.25) is 0 Å². The second-order valence-corrected chi connectivity index (χ2v) is 4.51. The summed E-state index contributed by atoms with van der Waals surface area (Å²) in [5.41, 5.74) is 4.97. The summed E-state index contributed by atoms with van der Waals surface area (Å²) in [6.07, 6.45) is -0.854. The molecule has 1 rings (SSSR count). The van der Waals surface area contributed by atoms with Gasteiger partial charge in [0.05, 0.1) is 13.0 Å². The summed E-state index contributed by atoms with van der Waals surface area (Å²) in [5.74, 6) is -0.535. The predicted octanol–water partition coefficient (Wildman–Crippen LogP) is 1.63. The van der Waals surface area contributed by atoms with Crippen molar-refractivity contribution in [1.82, 2.24) is 0 Å². The lowest BCUT2D eigenvalue weighted by atomic mass is 10.3. The number of primary amides is 1. The van der Waals surface area contributed by atoms with E-state index in [2.05, 4.69) is 15.9 Å². The Hall–Kier alpha value is -1.56. The molecule has 5 nitrogen and oxygen atoms in total. The number of hydrogen-bond acceptors (Lipinski definition) is 4. The Morgan fingerprint density at radius 1 is 1.44 bits per heavy atom. The van der Waals surface area contributed by atoms with E-state index in [1.165, 1.54) is 6.92 Å². The number of hydrogen-bond donors (Lipinski definition) is 1. The van der Waals surface area contributed by atoms with Gasteiger partial charge in [-0.15, -0.1) is 0 Å².